The van der Waals surface area contributed by atoms with Gasteiger partial charge in [0.1, 0.15) is 0 Å². The van der Waals surface area contributed by atoms with Crippen LogP contribution in [-0.4, -0.2) is 29.8 Å². The van der Waals surface area contributed by atoms with E-state index in [9.17, 15) is 9.59 Å². The minimum absolute atomic E-state index is 0.331. The summed E-state index contributed by atoms with van der Waals surface area (Å²) < 4.78 is 4.42. The number of rotatable bonds is 2. The number of hydrogen-bond acceptors (Lipinski definition) is 3. The molecule has 5 heteroatoms. The van der Waals surface area contributed by atoms with Gasteiger partial charge in [0.05, 0.1) is 13.0 Å². The van der Waals surface area contributed by atoms with E-state index in [1.165, 1.54) is 7.11 Å². The van der Waals surface area contributed by atoms with Gasteiger partial charge in [-0.25, -0.2) is 4.79 Å². The van der Waals surface area contributed by atoms with Crippen LogP contribution in [0.1, 0.15) is 19.8 Å². The Morgan fingerprint density at radius 3 is 2.46 bits per heavy atom. The average Bonchev–Trinajstić information content (AvgIpc) is 1.99. The number of hydrogen-bond donors (Lipinski definition) is 2. The highest BCUT2D eigenvalue weighted by atomic mass is 16.5. The molecule has 13 heavy (non-hydrogen) atoms. The molecule has 0 aromatic carbocycles. The van der Waals surface area contributed by atoms with Crippen LogP contribution in [0, 0.1) is 5.92 Å². The van der Waals surface area contributed by atoms with Crippen LogP contribution in [0.5, 0.6) is 0 Å². The quantitative estimate of drug-likeness (QED) is 0.663. The molecule has 0 saturated heterocycles. The number of carbonyl (C=O) groups excluding carboxylic acids is 1. The third kappa shape index (κ3) is 2.11. The lowest BCUT2D eigenvalue weighted by molar-refractivity contribution is -0.147. The Labute approximate surface area is 76.1 Å². The Hall–Kier alpha value is -1.26. The Morgan fingerprint density at radius 1 is 1.54 bits per heavy atom. The molecule has 1 amide bonds. The second kappa shape index (κ2) is 3.24. The van der Waals surface area contributed by atoms with Crippen molar-refractivity contribution in [1.82, 2.24) is 5.32 Å². The fraction of sp³-hybridized carbons (Fsp3) is 0.750. The highest BCUT2D eigenvalue weighted by molar-refractivity contribution is 5.73. The number of ether oxygens (including phenoxy) is 1. The number of alkyl carbamates (subject to hydrolysis) is 1. The van der Waals surface area contributed by atoms with Gasteiger partial charge in [0.15, 0.2) is 0 Å². The van der Waals surface area contributed by atoms with Gasteiger partial charge in [0, 0.05) is 5.54 Å². The maximum absolute atomic E-state index is 10.8. The highest BCUT2D eigenvalue weighted by Gasteiger charge is 2.45. The van der Waals surface area contributed by atoms with Crippen molar-refractivity contribution in [3.8, 4) is 0 Å². The molecule has 2 N–H and O–H groups in total. The van der Waals surface area contributed by atoms with Crippen molar-refractivity contribution in [2.45, 2.75) is 25.3 Å². The zero-order valence-corrected chi connectivity index (χ0v) is 7.66. The number of nitrogens with one attached hydrogen (secondary N) is 1. The van der Waals surface area contributed by atoms with E-state index in [4.69, 9.17) is 5.11 Å². The van der Waals surface area contributed by atoms with Crippen LogP contribution in [0.3, 0.4) is 0 Å². The molecule has 0 heterocycles. The van der Waals surface area contributed by atoms with Gasteiger partial charge in [-0.3, -0.25) is 4.79 Å². The first-order valence-corrected chi connectivity index (χ1v) is 4.06. The van der Waals surface area contributed by atoms with E-state index < -0.39 is 17.6 Å². The van der Waals surface area contributed by atoms with Crippen molar-refractivity contribution in [3.63, 3.8) is 0 Å². The van der Waals surface area contributed by atoms with Gasteiger partial charge < -0.3 is 15.2 Å². The van der Waals surface area contributed by atoms with E-state index in [0.29, 0.717) is 12.8 Å². The molecule has 0 unspecified atom stereocenters. The highest BCUT2D eigenvalue weighted by Crippen LogP contribution is 2.37. The third-order valence-corrected chi connectivity index (χ3v) is 2.33. The Balaban J connectivity index is 2.38. The maximum Gasteiger partial charge on any atom is 0.407 e. The smallest absolute Gasteiger partial charge is 0.407 e. The number of carboxylic acids is 1. The molecule has 0 aromatic rings. The molecule has 1 fully saturated rings. The minimum atomic E-state index is -0.802. The number of carboxylic acid groups (broad SMARTS) is 1. The van der Waals surface area contributed by atoms with E-state index in [1.54, 1.807) is 0 Å². The molecule has 0 aliphatic heterocycles. The normalized spacial score (nSPS) is 31.7. The van der Waals surface area contributed by atoms with Gasteiger partial charge >= 0.3 is 12.1 Å². The van der Waals surface area contributed by atoms with Crippen LogP contribution >= 0.6 is 0 Å². The van der Waals surface area contributed by atoms with E-state index in [2.05, 4.69) is 10.1 Å². The lowest BCUT2D eigenvalue weighted by Crippen LogP contribution is -2.56. The molecule has 1 aliphatic rings. The van der Waals surface area contributed by atoms with Crippen LogP contribution in [0.4, 0.5) is 4.79 Å². The summed E-state index contributed by atoms with van der Waals surface area (Å²) in [4.78, 5) is 21.3. The predicted molar refractivity (Wildman–Crippen MR) is 44.3 cm³/mol. The largest absolute Gasteiger partial charge is 0.481 e. The molecule has 0 atom stereocenters. The van der Waals surface area contributed by atoms with Crippen molar-refractivity contribution < 1.29 is 19.4 Å². The Bertz CT molecular complexity index is 232. The van der Waals surface area contributed by atoms with E-state index in [1.807, 2.05) is 6.92 Å². The molecule has 0 aromatic heterocycles. The molecule has 0 spiro atoms. The van der Waals surface area contributed by atoms with Crippen molar-refractivity contribution in [1.29, 1.82) is 0 Å². The zero-order chi connectivity index (χ0) is 10.1. The summed E-state index contributed by atoms with van der Waals surface area (Å²) in [5.74, 6) is -1.13. The van der Waals surface area contributed by atoms with Gasteiger partial charge in [-0.15, -0.1) is 0 Å². The van der Waals surface area contributed by atoms with Crippen molar-refractivity contribution in [2.75, 3.05) is 7.11 Å². The van der Waals surface area contributed by atoms with Gasteiger partial charge in [0.2, 0.25) is 0 Å². The number of methoxy groups -OCH3 is 1. The summed E-state index contributed by atoms with van der Waals surface area (Å²) in [7, 11) is 1.28. The van der Waals surface area contributed by atoms with E-state index >= 15 is 0 Å². The van der Waals surface area contributed by atoms with E-state index in [0.717, 1.165) is 0 Å². The SMILES string of the molecule is COC(=O)NC1(C)CC(C(=O)O)C1. The summed E-state index contributed by atoms with van der Waals surface area (Å²) in [6, 6.07) is 0. The summed E-state index contributed by atoms with van der Waals surface area (Å²) in [5, 5.41) is 11.2. The van der Waals surface area contributed by atoms with Crippen molar-refractivity contribution in [2.24, 2.45) is 5.92 Å². The standard InChI is InChI=1S/C8H13NO4/c1-8(9-7(12)13-2)3-5(4-8)6(10)11/h5H,3-4H2,1-2H3,(H,9,12)(H,10,11). The molecule has 1 aliphatic carbocycles. The molecule has 1 saturated carbocycles. The fourth-order valence-corrected chi connectivity index (χ4v) is 1.60. The van der Waals surface area contributed by atoms with Gasteiger partial charge in [-0.1, -0.05) is 0 Å². The molecule has 74 valence electrons. The van der Waals surface area contributed by atoms with Crippen LogP contribution in [0.15, 0.2) is 0 Å². The Kier molecular flexibility index (Phi) is 2.45. The minimum Gasteiger partial charge on any atom is -0.481 e. The molecule has 5 nitrogen and oxygen atoms in total. The van der Waals surface area contributed by atoms with E-state index in [-0.39, 0.29) is 5.92 Å². The summed E-state index contributed by atoms with van der Waals surface area (Å²) in [6.07, 6.45) is 0.431. The first kappa shape index (κ1) is 9.83. The number of amides is 1. The summed E-state index contributed by atoms with van der Waals surface area (Å²) >= 11 is 0. The number of aliphatic carboxylic acids is 1. The third-order valence-electron chi connectivity index (χ3n) is 2.33. The monoisotopic (exact) mass is 187 g/mol. The first-order chi connectivity index (χ1) is 5.97. The second-order valence-corrected chi connectivity index (χ2v) is 3.62. The van der Waals surface area contributed by atoms with Crippen molar-refractivity contribution >= 4 is 12.1 Å². The summed E-state index contributed by atoms with van der Waals surface area (Å²) in [5.41, 5.74) is -0.407. The van der Waals surface area contributed by atoms with Crippen LogP contribution in [0.2, 0.25) is 0 Å². The van der Waals surface area contributed by atoms with Crippen LogP contribution < -0.4 is 5.32 Å². The summed E-state index contributed by atoms with van der Waals surface area (Å²) in [6.45, 7) is 1.81. The van der Waals surface area contributed by atoms with Gasteiger partial charge in [0.25, 0.3) is 0 Å². The van der Waals surface area contributed by atoms with Crippen molar-refractivity contribution in [3.05, 3.63) is 0 Å². The van der Waals surface area contributed by atoms with Gasteiger partial charge in [-0.2, -0.15) is 0 Å². The van der Waals surface area contributed by atoms with Crippen LogP contribution in [0.25, 0.3) is 0 Å². The van der Waals surface area contributed by atoms with Gasteiger partial charge in [-0.05, 0) is 19.8 Å². The maximum atomic E-state index is 10.8. The molecular weight excluding hydrogens is 174 g/mol. The Morgan fingerprint density at radius 2 is 2.08 bits per heavy atom. The number of carbonyl (C=O) groups is 2. The predicted octanol–water partition coefficient (Wildman–Crippen LogP) is 0.596. The average molecular weight is 187 g/mol. The molecular formula is C8H13NO4. The molecule has 0 radical (unpaired) electrons. The first-order valence-electron chi connectivity index (χ1n) is 4.06. The zero-order valence-electron chi connectivity index (χ0n) is 7.66. The lowest BCUT2D eigenvalue weighted by atomic mass is 9.69. The topological polar surface area (TPSA) is 75.6 Å². The fourth-order valence-electron chi connectivity index (χ4n) is 1.60. The molecule has 0 bridgehead atoms. The molecule has 1 rings (SSSR count). The second-order valence-electron chi connectivity index (χ2n) is 3.62. The lowest BCUT2D eigenvalue weighted by Gasteiger charge is -2.43. The van der Waals surface area contributed by atoms with Crippen LogP contribution in [-0.2, 0) is 9.53 Å².